The van der Waals surface area contributed by atoms with Crippen LogP contribution in [-0.2, 0) is 6.54 Å². The highest BCUT2D eigenvalue weighted by Crippen LogP contribution is 2.31. The van der Waals surface area contributed by atoms with Crippen molar-refractivity contribution in [3.8, 4) is 11.6 Å². The van der Waals surface area contributed by atoms with Crippen LogP contribution < -0.4 is 9.47 Å². The summed E-state index contributed by atoms with van der Waals surface area (Å²) in [6.45, 7) is 0.0708. The predicted molar refractivity (Wildman–Crippen MR) is 110 cm³/mol. The van der Waals surface area contributed by atoms with Crippen molar-refractivity contribution < 1.29 is 32.4 Å². The normalized spacial score (nSPS) is 10.9. The molecule has 4 rings (SSSR count). The Balaban J connectivity index is 1.75. The van der Waals surface area contributed by atoms with Gasteiger partial charge in [0.25, 0.3) is 5.69 Å². The summed E-state index contributed by atoms with van der Waals surface area (Å²) in [5, 5.41) is 15.5. The van der Waals surface area contributed by atoms with Crippen LogP contribution in [0.2, 0.25) is 0 Å². The van der Waals surface area contributed by atoms with E-state index in [1.165, 1.54) is 36.1 Å². The second kappa shape index (κ2) is 8.61. The van der Waals surface area contributed by atoms with E-state index in [0.29, 0.717) is 29.0 Å². The Hall–Kier alpha value is -4.41. The first-order valence-corrected chi connectivity index (χ1v) is 9.41. The number of carbonyl (C=O) groups is 1. The van der Waals surface area contributed by atoms with Gasteiger partial charge in [-0.15, -0.1) is 5.10 Å². The molecule has 4 aromatic rings. The molecule has 3 aromatic carbocycles. The largest absolute Gasteiger partial charge is 0.497 e. The Kier molecular flexibility index (Phi) is 5.69. The number of hydrogen-bond acceptors (Lipinski definition) is 6. The van der Waals surface area contributed by atoms with Crippen LogP contribution in [0.5, 0.6) is 11.6 Å². The fourth-order valence-electron chi connectivity index (χ4n) is 3.27. The number of benzene rings is 3. The van der Waals surface area contributed by atoms with Gasteiger partial charge in [-0.3, -0.25) is 14.8 Å². The lowest BCUT2D eigenvalue weighted by atomic mass is 10.2. The molecule has 0 N–H and O–H groups in total. The summed E-state index contributed by atoms with van der Waals surface area (Å²) >= 11 is 0. The molecule has 1 aromatic heterocycles. The Labute approximate surface area is 183 Å². The average Bonchev–Trinajstić information content (AvgIpc) is 3.09. The van der Waals surface area contributed by atoms with Crippen molar-refractivity contribution in [2.24, 2.45) is 0 Å². The Morgan fingerprint density at radius 1 is 1.09 bits per heavy atom. The van der Waals surface area contributed by atoms with Gasteiger partial charge in [0, 0.05) is 24.3 Å². The maximum Gasteiger partial charge on any atom is 0.350 e. The molecule has 0 unspecified atom stereocenters. The van der Waals surface area contributed by atoms with Gasteiger partial charge in [0.2, 0.25) is 5.88 Å². The molecule has 0 aliphatic heterocycles. The highest BCUT2D eigenvalue weighted by molar-refractivity contribution is 5.95. The van der Waals surface area contributed by atoms with E-state index >= 15 is 0 Å². The highest BCUT2D eigenvalue weighted by atomic mass is 19.1. The number of nitro groups is 1. The maximum absolute atomic E-state index is 14.0. The third-order valence-corrected chi connectivity index (χ3v) is 4.78. The third kappa shape index (κ3) is 4.33. The molecule has 1 heterocycles. The molecule has 8 nitrogen and oxygen atoms in total. The van der Waals surface area contributed by atoms with Gasteiger partial charge in [0.1, 0.15) is 28.8 Å². The van der Waals surface area contributed by atoms with Gasteiger partial charge in [-0.05, 0) is 23.8 Å². The van der Waals surface area contributed by atoms with Crippen LogP contribution in [0.1, 0.15) is 15.9 Å². The van der Waals surface area contributed by atoms with Crippen molar-refractivity contribution >= 4 is 22.6 Å². The second-order valence-electron chi connectivity index (χ2n) is 6.91. The molecule has 0 aliphatic carbocycles. The molecule has 0 saturated heterocycles. The SMILES string of the molecule is COc1ccc2c(c1)c(OC(=O)c1c(F)cc(F)cc1F)nn2Cc1cccc([N+](=O)[O-])c1. The lowest BCUT2D eigenvalue weighted by Crippen LogP contribution is -2.14. The molecule has 11 heteroatoms. The molecule has 0 atom stereocenters. The smallest absolute Gasteiger partial charge is 0.350 e. The molecule has 0 radical (unpaired) electrons. The van der Waals surface area contributed by atoms with E-state index in [2.05, 4.69) is 5.10 Å². The molecule has 0 fully saturated rings. The topological polar surface area (TPSA) is 96.5 Å². The first-order chi connectivity index (χ1) is 15.8. The molecule has 0 saturated carbocycles. The number of esters is 1. The number of ether oxygens (including phenoxy) is 2. The minimum Gasteiger partial charge on any atom is -0.497 e. The van der Waals surface area contributed by atoms with Crippen molar-refractivity contribution in [3.05, 3.63) is 93.3 Å². The van der Waals surface area contributed by atoms with Gasteiger partial charge in [-0.1, -0.05) is 12.1 Å². The number of fused-ring (bicyclic) bond motifs is 1. The fraction of sp³-hybridized carbons (Fsp3) is 0.0909. The fourth-order valence-corrected chi connectivity index (χ4v) is 3.27. The summed E-state index contributed by atoms with van der Waals surface area (Å²) in [6, 6.07) is 11.4. The summed E-state index contributed by atoms with van der Waals surface area (Å²) in [5.74, 6) is -5.31. The average molecular weight is 457 g/mol. The zero-order valence-electron chi connectivity index (χ0n) is 16.9. The molecular weight excluding hydrogens is 443 g/mol. The van der Waals surface area contributed by atoms with Gasteiger partial charge in [-0.2, -0.15) is 0 Å². The number of aromatic nitrogens is 2. The van der Waals surface area contributed by atoms with Crippen molar-refractivity contribution in [2.45, 2.75) is 6.54 Å². The van der Waals surface area contributed by atoms with Gasteiger partial charge >= 0.3 is 5.97 Å². The Morgan fingerprint density at radius 2 is 1.82 bits per heavy atom. The van der Waals surface area contributed by atoms with E-state index in [-0.39, 0.29) is 23.5 Å². The number of carbonyl (C=O) groups excluding carboxylic acids is 1. The molecule has 0 bridgehead atoms. The summed E-state index contributed by atoms with van der Waals surface area (Å²) in [6.07, 6.45) is 0. The first kappa shape index (κ1) is 21.8. The van der Waals surface area contributed by atoms with E-state index in [0.717, 1.165) is 0 Å². The monoisotopic (exact) mass is 457 g/mol. The minimum absolute atomic E-state index is 0.0708. The molecule has 168 valence electrons. The van der Waals surface area contributed by atoms with Gasteiger partial charge < -0.3 is 9.47 Å². The first-order valence-electron chi connectivity index (χ1n) is 9.41. The van der Waals surface area contributed by atoms with E-state index in [1.54, 1.807) is 18.2 Å². The van der Waals surface area contributed by atoms with Crippen molar-refractivity contribution in [1.29, 1.82) is 0 Å². The van der Waals surface area contributed by atoms with E-state index in [9.17, 15) is 28.1 Å². The van der Waals surface area contributed by atoms with Crippen molar-refractivity contribution in [1.82, 2.24) is 9.78 Å². The summed E-state index contributed by atoms with van der Waals surface area (Å²) in [4.78, 5) is 23.0. The molecule has 0 amide bonds. The maximum atomic E-state index is 14.0. The van der Waals surface area contributed by atoms with Crippen LogP contribution in [0.4, 0.5) is 18.9 Å². The number of non-ortho nitro benzene ring substituents is 1. The number of nitro benzene ring substituents is 1. The minimum atomic E-state index is -1.42. The zero-order chi connectivity index (χ0) is 23.7. The molecular formula is C22H14F3N3O5. The molecule has 0 spiro atoms. The summed E-state index contributed by atoms with van der Waals surface area (Å²) in [7, 11) is 1.42. The summed E-state index contributed by atoms with van der Waals surface area (Å²) < 4.78 is 52.9. The number of hydrogen-bond donors (Lipinski definition) is 0. The van der Waals surface area contributed by atoms with E-state index < -0.39 is 33.9 Å². The van der Waals surface area contributed by atoms with Crippen LogP contribution in [0.15, 0.2) is 54.6 Å². The quantitative estimate of drug-likeness (QED) is 0.238. The number of halogens is 3. The standard InChI is InChI=1S/C22H14F3N3O5/c1-32-15-5-6-19-16(10-15)21(33-22(29)20-17(24)8-13(23)9-18(20)25)26-27(19)11-12-3-2-4-14(7-12)28(30)31/h2-10H,11H2,1H3. The van der Waals surface area contributed by atoms with E-state index in [1.807, 2.05) is 0 Å². The van der Waals surface area contributed by atoms with Crippen LogP contribution in [0.3, 0.4) is 0 Å². The summed E-state index contributed by atoms with van der Waals surface area (Å²) in [5.41, 5.74) is -0.178. The van der Waals surface area contributed by atoms with Crippen molar-refractivity contribution in [2.75, 3.05) is 7.11 Å². The number of rotatable bonds is 6. The van der Waals surface area contributed by atoms with Crippen LogP contribution >= 0.6 is 0 Å². The highest BCUT2D eigenvalue weighted by Gasteiger charge is 2.24. The van der Waals surface area contributed by atoms with Gasteiger partial charge in [0.15, 0.2) is 0 Å². The molecule has 33 heavy (non-hydrogen) atoms. The Bertz CT molecular complexity index is 1380. The lowest BCUT2D eigenvalue weighted by Gasteiger charge is -2.05. The predicted octanol–water partition coefficient (Wildman–Crippen LogP) is 4.64. The van der Waals surface area contributed by atoms with Crippen LogP contribution in [0.25, 0.3) is 10.9 Å². The van der Waals surface area contributed by atoms with Gasteiger partial charge in [-0.25, -0.2) is 18.0 Å². The van der Waals surface area contributed by atoms with E-state index in [4.69, 9.17) is 9.47 Å². The van der Waals surface area contributed by atoms with Crippen LogP contribution in [0, 0.1) is 27.6 Å². The van der Waals surface area contributed by atoms with Crippen molar-refractivity contribution in [3.63, 3.8) is 0 Å². The second-order valence-corrected chi connectivity index (χ2v) is 6.91. The van der Waals surface area contributed by atoms with Crippen LogP contribution in [-0.4, -0.2) is 27.8 Å². The van der Waals surface area contributed by atoms with Gasteiger partial charge in [0.05, 0.1) is 29.5 Å². The lowest BCUT2D eigenvalue weighted by molar-refractivity contribution is -0.384. The third-order valence-electron chi connectivity index (χ3n) is 4.78. The number of methoxy groups -OCH3 is 1. The zero-order valence-corrected chi connectivity index (χ0v) is 16.9. The molecule has 0 aliphatic rings. The number of nitrogens with zero attached hydrogens (tertiary/aromatic N) is 3. The Morgan fingerprint density at radius 3 is 2.48 bits per heavy atom.